The average Bonchev–Trinajstić information content (AvgIpc) is 2.32. The van der Waals surface area contributed by atoms with E-state index in [0.717, 1.165) is 0 Å². The highest BCUT2D eigenvalue weighted by atomic mass is 79.9. The second-order valence-electron chi connectivity index (χ2n) is 2.95. The number of hydrogen-bond donors (Lipinski definition) is 0. The molecule has 0 nitrogen and oxygen atoms in total. The fourth-order valence-electron chi connectivity index (χ4n) is 1.36. The summed E-state index contributed by atoms with van der Waals surface area (Å²) in [4.78, 5) is 0. The maximum Gasteiger partial charge on any atom is 0.0740 e. The number of thiophene rings is 1. The Bertz CT molecular complexity index is 429. The van der Waals surface area contributed by atoms with Gasteiger partial charge in [0.25, 0.3) is 0 Å². The summed E-state index contributed by atoms with van der Waals surface area (Å²) in [6, 6.07) is 6.45. The van der Waals surface area contributed by atoms with Crippen molar-refractivity contribution < 1.29 is 0 Å². The molecule has 0 N–H and O–H groups in total. The van der Waals surface area contributed by atoms with Gasteiger partial charge in [-0.3, -0.25) is 0 Å². The van der Waals surface area contributed by atoms with Gasteiger partial charge in [0.2, 0.25) is 0 Å². The molecule has 1 aromatic carbocycles. The van der Waals surface area contributed by atoms with E-state index in [1.54, 1.807) is 0 Å². The molecule has 2 aromatic rings. The van der Waals surface area contributed by atoms with Crippen molar-refractivity contribution in [2.45, 2.75) is 13.8 Å². The van der Waals surface area contributed by atoms with Crippen LogP contribution in [0.25, 0.3) is 10.1 Å². The maximum atomic E-state index is 3.56. The summed E-state index contributed by atoms with van der Waals surface area (Å²) in [7, 11) is 0. The monoisotopic (exact) mass is 240 g/mol. The molecular formula is C10H9BrS. The Morgan fingerprint density at radius 1 is 1.25 bits per heavy atom. The van der Waals surface area contributed by atoms with Crippen LogP contribution < -0.4 is 0 Å². The van der Waals surface area contributed by atoms with Crippen molar-refractivity contribution in [2.75, 3.05) is 0 Å². The van der Waals surface area contributed by atoms with E-state index in [0.29, 0.717) is 0 Å². The van der Waals surface area contributed by atoms with Crippen LogP contribution in [0.2, 0.25) is 0 Å². The maximum absolute atomic E-state index is 3.56. The molecule has 0 unspecified atom stereocenters. The minimum absolute atomic E-state index is 1.26. The molecule has 0 spiro atoms. The fourth-order valence-corrected chi connectivity index (χ4v) is 3.06. The topological polar surface area (TPSA) is 0 Å². The molecule has 0 aliphatic rings. The lowest BCUT2D eigenvalue weighted by Gasteiger charge is -1.93. The summed E-state index contributed by atoms with van der Waals surface area (Å²) in [5.74, 6) is 0. The molecule has 2 rings (SSSR count). The third kappa shape index (κ3) is 1.10. The van der Waals surface area contributed by atoms with Crippen LogP contribution in [0.4, 0.5) is 0 Å². The van der Waals surface area contributed by atoms with Gasteiger partial charge >= 0.3 is 0 Å². The first-order valence-corrected chi connectivity index (χ1v) is 5.45. The zero-order chi connectivity index (χ0) is 8.72. The Morgan fingerprint density at radius 3 is 2.67 bits per heavy atom. The van der Waals surface area contributed by atoms with E-state index in [1.807, 2.05) is 11.3 Å². The van der Waals surface area contributed by atoms with Gasteiger partial charge in [-0.25, -0.2) is 0 Å². The Morgan fingerprint density at radius 2 is 2.00 bits per heavy atom. The Balaban J connectivity index is 2.95. The first-order valence-electron chi connectivity index (χ1n) is 3.84. The molecule has 1 heterocycles. The number of halogens is 1. The summed E-state index contributed by atoms with van der Waals surface area (Å²) in [5.41, 5.74) is 2.73. The van der Waals surface area contributed by atoms with Crippen LogP contribution >= 0.6 is 27.3 Å². The molecule has 0 aliphatic heterocycles. The summed E-state index contributed by atoms with van der Waals surface area (Å²) in [5, 5.41) is 1.38. The highest BCUT2D eigenvalue weighted by Gasteiger charge is 2.06. The molecule has 0 saturated heterocycles. The van der Waals surface area contributed by atoms with E-state index in [9.17, 15) is 0 Å². The van der Waals surface area contributed by atoms with Gasteiger partial charge in [0.1, 0.15) is 0 Å². The largest absolute Gasteiger partial charge is 0.128 e. The van der Waals surface area contributed by atoms with Crippen molar-refractivity contribution in [1.29, 1.82) is 0 Å². The molecule has 0 atom stereocenters. The highest BCUT2D eigenvalue weighted by Crippen LogP contribution is 2.36. The third-order valence-electron chi connectivity index (χ3n) is 2.10. The summed E-state index contributed by atoms with van der Waals surface area (Å²) >= 11 is 5.38. The van der Waals surface area contributed by atoms with Gasteiger partial charge in [-0.15, -0.1) is 11.3 Å². The highest BCUT2D eigenvalue weighted by molar-refractivity contribution is 9.11. The summed E-state index contributed by atoms with van der Waals surface area (Å²) < 4.78 is 2.66. The molecule has 0 bridgehead atoms. The quantitative estimate of drug-likeness (QED) is 0.645. The standard InChI is InChI=1S/C10H9BrS/c1-6-4-3-5-8-7(2)10(11)12-9(6)8/h3-5H,1-2H3. The van der Waals surface area contributed by atoms with Crippen LogP contribution in [0.5, 0.6) is 0 Å². The lowest BCUT2D eigenvalue weighted by Crippen LogP contribution is -1.71. The fraction of sp³-hybridized carbons (Fsp3) is 0.200. The molecule has 0 fully saturated rings. The van der Waals surface area contributed by atoms with Gasteiger partial charge in [-0.2, -0.15) is 0 Å². The van der Waals surface area contributed by atoms with Gasteiger partial charge in [0.15, 0.2) is 0 Å². The predicted molar refractivity (Wildman–Crippen MR) is 59.0 cm³/mol. The SMILES string of the molecule is Cc1c(Br)sc2c(C)cccc12. The third-order valence-corrected chi connectivity index (χ3v) is 4.41. The first kappa shape index (κ1) is 8.27. The normalized spacial score (nSPS) is 10.9. The van der Waals surface area contributed by atoms with E-state index in [2.05, 4.69) is 48.0 Å². The second-order valence-corrected chi connectivity index (χ2v) is 5.29. The van der Waals surface area contributed by atoms with Crippen LogP contribution in [0.15, 0.2) is 22.0 Å². The van der Waals surface area contributed by atoms with Gasteiger partial charge in [-0.05, 0) is 46.3 Å². The summed E-state index contributed by atoms with van der Waals surface area (Å²) in [6.07, 6.45) is 0. The molecule has 1 aromatic heterocycles. The number of fused-ring (bicyclic) bond motifs is 1. The number of hydrogen-bond acceptors (Lipinski definition) is 1. The number of aryl methyl sites for hydroxylation is 2. The zero-order valence-corrected chi connectivity index (χ0v) is 9.42. The van der Waals surface area contributed by atoms with Crippen molar-refractivity contribution in [3.05, 3.63) is 33.1 Å². The van der Waals surface area contributed by atoms with E-state index in [-0.39, 0.29) is 0 Å². The molecule has 0 saturated carbocycles. The van der Waals surface area contributed by atoms with Gasteiger partial charge in [-0.1, -0.05) is 18.2 Å². The van der Waals surface area contributed by atoms with Crippen molar-refractivity contribution >= 4 is 37.4 Å². The van der Waals surface area contributed by atoms with Crippen LogP contribution in [-0.2, 0) is 0 Å². The van der Waals surface area contributed by atoms with Crippen LogP contribution in [-0.4, -0.2) is 0 Å². The van der Waals surface area contributed by atoms with Crippen LogP contribution in [0, 0.1) is 13.8 Å². The predicted octanol–water partition coefficient (Wildman–Crippen LogP) is 4.28. The van der Waals surface area contributed by atoms with Crippen LogP contribution in [0.3, 0.4) is 0 Å². The van der Waals surface area contributed by atoms with Crippen molar-refractivity contribution in [3.63, 3.8) is 0 Å². The van der Waals surface area contributed by atoms with Crippen molar-refractivity contribution in [2.24, 2.45) is 0 Å². The Hall–Kier alpha value is -0.340. The van der Waals surface area contributed by atoms with Crippen LogP contribution in [0.1, 0.15) is 11.1 Å². The number of rotatable bonds is 0. The molecule has 12 heavy (non-hydrogen) atoms. The molecule has 0 amide bonds. The average molecular weight is 241 g/mol. The van der Waals surface area contributed by atoms with Crippen molar-refractivity contribution in [1.82, 2.24) is 0 Å². The van der Waals surface area contributed by atoms with Gasteiger partial charge in [0, 0.05) is 4.70 Å². The minimum Gasteiger partial charge on any atom is -0.128 e. The molecule has 0 radical (unpaired) electrons. The Labute approximate surface area is 84.4 Å². The summed E-state index contributed by atoms with van der Waals surface area (Å²) in [6.45, 7) is 4.31. The number of benzene rings is 1. The zero-order valence-electron chi connectivity index (χ0n) is 7.02. The minimum atomic E-state index is 1.26. The molecule has 0 aliphatic carbocycles. The lowest BCUT2D eigenvalue weighted by atomic mass is 10.1. The van der Waals surface area contributed by atoms with Crippen molar-refractivity contribution in [3.8, 4) is 0 Å². The molecule has 62 valence electrons. The lowest BCUT2D eigenvalue weighted by molar-refractivity contribution is 1.53. The van der Waals surface area contributed by atoms with Gasteiger partial charge < -0.3 is 0 Å². The second kappa shape index (κ2) is 2.86. The van der Waals surface area contributed by atoms with E-state index in [4.69, 9.17) is 0 Å². The Kier molecular flexibility index (Phi) is 1.97. The van der Waals surface area contributed by atoms with E-state index < -0.39 is 0 Å². The smallest absolute Gasteiger partial charge is 0.0740 e. The molecular weight excluding hydrogens is 232 g/mol. The van der Waals surface area contributed by atoms with E-state index >= 15 is 0 Å². The molecule has 2 heteroatoms. The first-order chi connectivity index (χ1) is 5.70. The van der Waals surface area contributed by atoms with E-state index in [1.165, 1.54) is 25.0 Å². The van der Waals surface area contributed by atoms with Gasteiger partial charge in [0.05, 0.1) is 3.79 Å².